The van der Waals surface area contributed by atoms with Gasteiger partial charge in [0, 0.05) is 19.1 Å². The van der Waals surface area contributed by atoms with Crippen LogP contribution in [0.4, 0.5) is 0 Å². The molecule has 1 unspecified atom stereocenters. The standard InChI is InChI=1S/C11H23N3O/c1-9(2)6-13-11(15)8-14-5-3-4-10(12)7-14/h9-10H,3-8,12H2,1-2H3,(H,13,15). The minimum Gasteiger partial charge on any atom is -0.355 e. The van der Waals surface area contributed by atoms with Crippen LogP contribution in [0.1, 0.15) is 26.7 Å². The minimum atomic E-state index is 0.123. The van der Waals surface area contributed by atoms with Gasteiger partial charge in [-0.3, -0.25) is 9.69 Å². The van der Waals surface area contributed by atoms with Crippen molar-refractivity contribution in [3.8, 4) is 0 Å². The number of nitrogens with two attached hydrogens (primary N) is 1. The highest BCUT2D eigenvalue weighted by Crippen LogP contribution is 2.07. The van der Waals surface area contributed by atoms with Gasteiger partial charge in [-0.2, -0.15) is 0 Å². The SMILES string of the molecule is CC(C)CNC(=O)CN1CCCC(N)C1. The fourth-order valence-electron chi connectivity index (χ4n) is 1.81. The molecule has 0 spiro atoms. The van der Waals surface area contributed by atoms with Crippen molar-refractivity contribution in [2.75, 3.05) is 26.2 Å². The van der Waals surface area contributed by atoms with Crippen LogP contribution in [-0.2, 0) is 4.79 Å². The molecule has 0 radical (unpaired) electrons. The summed E-state index contributed by atoms with van der Waals surface area (Å²) in [4.78, 5) is 13.7. The molecule has 0 aromatic carbocycles. The van der Waals surface area contributed by atoms with E-state index in [9.17, 15) is 4.79 Å². The first-order valence-corrected chi connectivity index (χ1v) is 5.82. The summed E-state index contributed by atoms with van der Waals surface area (Å²) in [5, 5.41) is 2.92. The van der Waals surface area contributed by atoms with Crippen molar-refractivity contribution in [3.63, 3.8) is 0 Å². The van der Waals surface area contributed by atoms with Gasteiger partial charge in [0.1, 0.15) is 0 Å². The van der Waals surface area contributed by atoms with E-state index in [-0.39, 0.29) is 11.9 Å². The van der Waals surface area contributed by atoms with Gasteiger partial charge in [0.25, 0.3) is 0 Å². The van der Waals surface area contributed by atoms with E-state index in [1.807, 2.05) is 0 Å². The zero-order valence-electron chi connectivity index (χ0n) is 9.83. The highest BCUT2D eigenvalue weighted by Gasteiger charge is 2.18. The Hall–Kier alpha value is -0.610. The van der Waals surface area contributed by atoms with Gasteiger partial charge in [-0.05, 0) is 25.3 Å². The number of nitrogens with zero attached hydrogens (tertiary/aromatic N) is 1. The summed E-state index contributed by atoms with van der Waals surface area (Å²) >= 11 is 0. The lowest BCUT2D eigenvalue weighted by Gasteiger charge is -2.30. The van der Waals surface area contributed by atoms with E-state index < -0.39 is 0 Å². The van der Waals surface area contributed by atoms with Crippen LogP contribution in [-0.4, -0.2) is 43.0 Å². The first-order chi connectivity index (χ1) is 7.08. The second kappa shape index (κ2) is 6.08. The van der Waals surface area contributed by atoms with Crippen LogP contribution in [0.3, 0.4) is 0 Å². The maximum atomic E-state index is 11.5. The minimum absolute atomic E-state index is 0.123. The second-order valence-corrected chi connectivity index (χ2v) is 4.84. The molecule has 1 atom stereocenters. The Morgan fingerprint density at radius 2 is 2.33 bits per heavy atom. The third-order valence-corrected chi connectivity index (χ3v) is 2.62. The number of likely N-dealkylation sites (tertiary alicyclic amines) is 1. The normalized spacial score (nSPS) is 23.1. The number of amides is 1. The third kappa shape index (κ3) is 5.14. The number of hydrogen-bond donors (Lipinski definition) is 2. The molecule has 1 heterocycles. The molecule has 1 fully saturated rings. The van der Waals surface area contributed by atoms with E-state index in [0.29, 0.717) is 12.5 Å². The van der Waals surface area contributed by atoms with Crippen LogP contribution < -0.4 is 11.1 Å². The molecule has 0 saturated carbocycles. The van der Waals surface area contributed by atoms with E-state index in [0.717, 1.165) is 32.5 Å². The molecule has 3 N–H and O–H groups in total. The second-order valence-electron chi connectivity index (χ2n) is 4.84. The lowest BCUT2D eigenvalue weighted by molar-refractivity contribution is -0.122. The topological polar surface area (TPSA) is 58.4 Å². The third-order valence-electron chi connectivity index (χ3n) is 2.62. The molecule has 1 saturated heterocycles. The van der Waals surface area contributed by atoms with Crippen LogP contribution in [0, 0.1) is 5.92 Å². The van der Waals surface area contributed by atoms with Crippen molar-refractivity contribution < 1.29 is 4.79 Å². The Kier molecular flexibility index (Phi) is 5.05. The Balaban J connectivity index is 2.19. The van der Waals surface area contributed by atoms with Gasteiger partial charge in [0.15, 0.2) is 0 Å². The number of nitrogens with one attached hydrogen (secondary N) is 1. The van der Waals surface area contributed by atoms with Crippen molar-refractivity contribution in [1.29, 1.82) is 0 Å². The molecule has 4 heteroatoms. The van der Waals surface area contributed by atoms with Crippen LogP contribution in [0.5, 0.6) is 0 Å². The monoisotopic (exact) mass is 213 g/mol. The number of rotatable bonds is 4. The Bertz CT molecular complexity index is 206. The number of carbonyl (C=O) groups excluding carboxylic acids is 1. The summed E-state index contributed by atoms with van der Waals surface area (Å²) < 4.78 is 0. The molecular weight excluding hydrogens is 190 g/mol. The molecule has 4 nitrogen and oxygen atoms in total. The van der Waals surface area contributed by atoms with Gasteiger partial charge in [-0.15, -0.1) is 0 Å². The van der Waals surface area contributed by atoms with Crippen molar-refractivity contribution in [2.45, 2.75) is 32.7 Å². The van der Waals surface area contributed by atoms with Crippen LogP contribution in [0.15, 0.2) is 0 Å². The van der Waals surface area contributed by atoms with Crippen molar-refractivity contribution >= 4 is 5.91 Å². The quantitative estimate of drug-likeness (QED) is 0.700. The fourth-order valence-corrected chi connectivity index (χ4v) is 1.81. The highest BCUT2D eigenvalue weighted by atomic mass is 16.2. The van der Waals surface area contributed by atoms with E-state index in [2.05, 4.69) is 24.1 Å². The van der Waals surface area contributed by atoms with Crippen LogP contribution in [0.25, 0.3) is 0 Å². The summed E-state index contributed by atoms with van der Waals surface area (Å²) in [6.45, 7) is 7.31. The van der Waals surface area contributed by atoms with Crippen molar-refractivity contribution in [2.24, 2.45) is 11.7 Å². The molecule has 1 rings (SSSR count). The lowest BCUT2D eigenvalue weighted by atomic mass is 10.1. The predicted molar refractivity (Wildman–Crippen MR) is 61.5 cm³/mol. The van der Waals surface area contributed by atoms with E-state index >= 15 is 0 Å². The summed E-state index contributed by atoms with van der Waals surface area (Å²) in [5.41, 5.74) is 5.85. The van der Waals surface area contributed by atoms with Gasteiger partial charge >= 0.3 is 0 Å². The zero-order valence-corrected chi connectivity index (χ0v) is 9.83. The van der Waals surface area contributed by atoms with Crippen LogP contribution >= 0.6 is 0 Å². The van der Waals surface area contributed by atoms with Gasteiger partial charge < -0.3 is 11.1 Å². The molecule has 0 aromatic rings. The fraction of sp³-hybridized carbons (Fsp3) is 0.909. The Labute approximate surface area is 92.2 Å². The highest BCUT2D eigenvalue weighted by molar-refractivity contribution is 5.78. The molecular formula is C11H23N3O. The molecule has 1 aliphatic rings. The molecule has 15 heavy (non-hydrogen) atoms. The van der Waals surface area contributed by atoms with Gasteiger partial charge in [0.05, 0.1) is 6.54 Å². The smallest absolute Gasteiger partial charge is 0.234 e. The number of piperidine rings is 1. The molecule has 0 aromatic heterocycles. The molecule has 0 bridgehead atoms. The van der Waals surface area contributed by atoms with E-state index in [4.69, 9.17) is 5.73 Å². The first-order valence-electron chi connectivity index (χ1n) is 5.82. The average molecular weight is 213 g/mol. The zero-order chi connectivity index (χ0) is 11.3. The average Bonchev–Trinajstić information content (AvgIpc) is 2.15. The first kappa shape index (κ1) is 12.5. The Morgan fingerprint density at radius 3 is 2.93 bits per heavy atom. The maximum Gasteiger partial charge on any atom is 0.234 e. The van der Waals surface area contributed by atoms with Gasteiger partial charge in [-0.1, -0.05) is 13.8 Å². The van der Waals surface area contributed by atoms with Crippen molar-refractivity contribution in [1.82, 2.24) is 10.2 Å². The lowest BCUT2D eigenvalue weighted by Crippen LogP contribution is -2.47. The van der Waals surface area contributed by atoms with Crippen molar-refractivity contribution in [3.05, 3.63) is 0 Å². The predicted octanol–water partition coefficient (Wildman–Crippen LogP) is 0.182. The largest absolute Gasteiger partial charge is 0.355 e. The van der Waals surface area contributed by atoms with Gasteiger partial charge in [-0.25, -0.2) is 0 Å². The maximum absolute atomic E-state index is 11.5. The van der Waals surface area contributed by atoms with Gasteiger partial charge in [0.2, 0.25) is 5.91 Å². The summed E-state index contributed by atoms with van der Waals surface area (Å²) in [7, 11) is 0. The molecule has 1 aliphatic heterocycles. The number of carbonyl (C=O) groups is 1. The molecule has 1 amide bonds. The molecule has 88 valence electrons. The van der Waals surface area contributed by atoms with E-state index in [1.165, 1.54) is 0 Å². The summed E-state index contributed by atoms with van der Waals surface area (Å²) in [6, 6.07) is 0.247. The van der Waals surface area contributed by atoms with Crippen LogP contribution in [0.2, 0.25) is 0 Å². The molecule has 0 aliphatic carbocycles. The Morgan fingerprint density at radius 1 is 1.60 bits per heavy atom. The summed E-state index contributed by atoms with van der Waals surface area (Å²) in [5.74, 6) is 0.635. The number of hydrogen-bond acceptors (Lipinski definition) is 3. The summed E-state index contributed by atoms with van der Waals surface area (Å²) in [6.07, 6.45) is 2.20. The van der Waals surface area contributed by atoms with E-state index in [1.54, 1.807) is 0 Å².